The van der Waals surface area contributed by atoms with E-state index in [-0.39, 0.29) is 0 Å². The molecule has 0 unspecified atom stereocenters. The summed E-state index contributed by atoms with van der Waals surface area (Å²) in [5, 5.41) is 0. The minimum Gasteiger partial charge on any atom is -0.489 e. The topological polar surface area (TPSA) is 81.4 Å². The molecule has 0 radical (unpaired) electrons. The summed E-state index contributed by atoms with van der Waals surface area (Å²) in [4.78, 5) is 0. The molecule has 0 amide bonds. The maximum atomic E-state index is 5.81. The van der Waals surface area contributed by atoms with Gasteiger partial charge in [0.05, 0.1) is 65.1 Å². The molecule has 0 bridgehead atoms. The largest absolute Gasteiger partial charge is 0.489 e. The van der Waals surface area contributed by atoms with E-state index in [9.17, 15) is 0 Å². The van der Waals surface area contributed by atoms with E-state index in [1.165, 1.54) is 44.9 Å². The number of anilines is 1. The van der Waals surface area contributed by atoms with Gasteiger partial charge < -0.3 is 34.2 Å². The monoisotopic (exact) mass is 469 g/mol. The third kappa shape index (κ3) is 19.8. The maximum absolute atomic E-state index is 5.81. The zero-order valence-electron chi connectivity index (χ0n) is 20.8. The normalized spacial score (nSPS) is 11.2. The van der Waals surface area contributed by atoms with Crippen LogP contribution in [0.15, 0.2) is 24.3 Å². The summed E-state index contributed by atoms with van der Waals surface area (Å²) in [7, 11) is 0. The van der Waals surface area contributed by atoms with Crippen molar-refractivity contribution in [1.82, 2.24) is 0 Å². The summed E-state index contributed by atoms with van der Waals surface area (Å²) in [5.74, 6) is 0.685. The molecule has 0 fully saturated rings. The number of hydrogen-bond donors (Lipinski definition) is 1. The van der Waals surface area contributed by atoms with E-state index in [1.807, 2.05) is 24.3 Å². The number of nitrogen functional groups attached to an aromatic ring is 1. The average molecular weight is 470 g/mol. The van der Waals surface area contributed by atoms with E-state index in [1.54, 1.807) is 0 Å². The van der Waals surface area contributed by atoms with Crippen molar-refractivity contribution in [3.63, 3.8) is 0 Å². The van der Waals surface area contributed by atoms with Crippen LogP contribution in [-0.2, 0) is 23.7 Å². The zero-order chi connectivity index (χ0) is 23.7. The van der Waals surface area contributed by atoms with Gasteiger partial charge in [-0.2, -0.15) is 0 Å². The molecule has 7 nitrogen and oxygen atoms in total. The van der Waals surface area contributed by atoms with E-state index in [2.05, 4.69) is 6.92 Å². The molecule has 0 saturated heterocycles. The van der Waals surface area contributed by atoms with Crippen molar-refractivity contribution < 1.29 is 28.4 Å². The third-order valence-electron chi connectivity index (χ3n) is 5.03. The standard InChI is InChI=1S/C26H47NO6/c1-2-3-4-5-6-7-8-11-14-28-15-16-29-17-18-30-19-20-31-21-22-32-23-24-33-26-13-10-9-12-25(26)27/h9-10,12-13H,2-8,11,14-24,27H2,1H3. The van der Waals surface area contributed by atoms with Crippen molar-refractivity contribution in [3.05, 3.63) is 24.3 Å². The van der Waals surface area contributed by atoms with Crippen LogP contribution in [0.25, 0.3) is 0 Å². The van der Waals surface area contributed by atoms with Crippen molar-refractivity contribution in [2.45, 2.75) is 58.3 Å². The molecule has 0 saturated carbocycles. The van der Waals surface area contributed by atoms with Gasteiger partial charge in [0.15, 0.2) is 0 Å². The fourth-order valence-corrected chi connectivity index (χ4v) is 3.14. The van der Waals surface area contributed by atoms with E-state index < -0.39 is 0 Å². The van der Waals surface area contributed by atoms with Crippen LogP contribution in [0.3, 0.4) is 0 Å². The second kappa shape index (κ2) is 23.8. The quantitative estimate of drug-likeness (QED) is 0.162. The van der Waals surface area contributed by atoms with Crippen LogP contribution in [0.2, 0.25) is 0 Å². The predicted octanol–water partition coefficient (Wildman–Crippen LogP) is 4.87. The number of para-hydroxylation sites is 2. The summed E-state index contributed by atoms with van der Waals surface area (Å²) >= 11 is 0. The highest BCUT2D eigenvalue weighted by Crippen LogP contribution is 2.19. The van der Waals surface area contributed by atoms with Gasteiger partial charge in [0.1, 0.15) is 12.4 Å². The second-order valence-electron chi connectivity index (χ2n) is 7.92. The lowest BCUT2D eigenvalue weighted by atomic mass is 10.1. The van der Waals surface area contributed by atoms with Crippen LogP contribution in [0.4, 0.5) is 5.69 Å². The van der Waals surface area contributed by atoms with Gasteiger partial charge in [-0.3, -0.25) is 0 Å². The molecule has 2 N–H and O–H groups in total. The lowest BCUT2D eigenvalue weighted by molar-refractivity contribution is -0.0128. The molecular formula is C26H47NO6. The van der Waals surface area contributed by atoms with Gasteiger partial charge >= 0.3 is 0 Å². The molecule has 0 atom stereocenters. The first-order chi connectivity index (χ1) is 16.3. The molecule has 33 heavy (non-hydrogen) atoms. The van der Waals surface area contributed by atoms with Crippen LogP contribution in [0.5, 0.6) is 5.75 Å². The van der Waals surface area contributed by atoms with E-state index in [4.69, 9.17) is 34.2 Å². The molecule has 1 rings (SSSR count). The minimum atomic E-state index is 0.460. The molecule has 0 aliphatic carbocycles. The highest BCUT2D eigenvalue weighted by atomic mass is 16.6. The van der Waals surface area contributed by atoms with Crippen LogP contribution in [-0.4, -0.2) is 72.7 Å². The van der Waals surface area contributed by atoms with E-state index >= 15 is 0 Å². The van der Waals surface area contributed by atoms with Crippen molar-refractivity contribution in [2.24, 2.45) is 0 Å². The molecule has 0 aliphatic heterocycles. The van der Waals surface area contributed by atoms with Gasteiger partial charge in [0, 0.05) is 6.61 Å². The number of nitrogens with two attached hydrogens (primary N) is 1. The Morgan fingerprint density at radius 3 is 1.45 bits per heavy atom. The average Bonchev–Trinajstić information content (AvgIpc) is 2.83. The molecule has 1 aromatic carbocycles. The Bertz CT molecular complexity index is 531. The van der Waals surface area contributed by atoms with Crippen molar-refractivity contribution >= 4 is 5.69 Å². The van der Waals surface area contributed by atoms with E-state index in [0.29, 0.717) is 77.5 Å². The highest BCUT2D eigenvalue weighted by molar-refractivity contribution is 5.51. The first-order valence-electron chi connectivity index (χ1n) is 12.7. The Morgan fingerprint density at radius 2 is 0.939 bits per heavy atom. The number of ether oxygens (including phenoxy) is 6. The van der Waals surface area contributed by atoms with Crippen molar-refractivity contribution in [2.75, 3.05) is 78.4 Å². The zero-order valence-corrected chi connectivity index (χ0v) is 20.8. The molecule has 7 heteroatoms. The number of rotatable bonds is 25. The van der Waals surface area contributed by atoms with Gasteiger partial charge in [-0.05, 0) is 18.6 Å². The van der Waals surface area contributed by atoms with Crippen molar-refractivity contribution in [3.8, 4) is 5.75 Å². The van der Waals surface area contributed by atoms with Crippen LogP contribution < -0.4 is 10.5 Å². The minimum absolute atomic E-state index is 0.460. The molecule has 192 valence electrons. The van der Waals surface area contributed by atoms with Gasteiger partial charge in [0.25, 0.3) is 0 Å². The van der Waals surface area contributed by atoms with Crippen LogP contribution >= 0.6 is 0 Å². The first-order valence-corrected chi connectivity index (χ1v) is 12.7. The highest BCUT2D eigenvalue weighted by Gasteiger charge is 1.98. The Hall–Kier alpha value is -1.38. The molecular weight excluding hydrogens is 422 g/mol. The first kappa shape index (κ1) is 29.7. The molecule has 1 aromatic rings. The summed E-state index contributed by atoms with van der Waals surface area (Å²) in [5.41, 5.74) is 6.44. The Labute approximate surface area is 201 Å². The molecule has 0 aromatic heterocycles. The Morgan fingerprint density at radius 1 is 0.515 bits per heavy atom. The second-order valence-corrected chi connectivity index (χ2v) is 7.92. The fourth-order valence-electron chi connectivity index (χ4n) is 3.14. The summed E-state index contributed by atoms with van der Waals surface area (Å²) in [6, 6.07) is 7.42. The molecule has 0 aliphatic rings. The number of benzene rings is 1. The van der Waals surface area contributed by atoms with Gasteiger partial charge in [0.2, 0.25) is 0 Å². The number of unbranched alkanes of at least 4 members (excludes halogenated alkanes) is 7. The summed E-state index contributed by atoms with van der Waals surface area (Å²) in [6.45, 7) is 8.62. The molecule has 0 heterocycles. The van der Waals surface area contributed by atoms with Crippen LogP contribution in [0.1, 0.15) is 58.3 Å². The Balaban J connectivity index is 1.67. The van der Waals surface area contributed by atoms with E-state index in [0.717, 1.165) is 13.0 Å². The maximum Gasteiger partial charge on any atom is 0.142 e. The van der Waals surface area contributed by atoms with Gasteiger partial charge in [-0.1, -0.05) is 64.0 Å². The summed E-state index contributed by atoms with van der Waals surface area (Å²) in [6.07, 6.45) is 10.6. The van der Waals surface area contributed by atoms with Crippen LogP contribution in [0, 0.1) is 0 Å². The van der Waals surface area contributed by atoms with Crippen molar-refractivity contribution in [1.29, 1.82) is 0 Å². The third-order valence-corrected chi connectivity index (χ3v) is 5.03. The lowest BCUT2D eigenvalue weighted by Gasteiger charge is -2.09. The smallest absolute Gasteiger partial charge is 0.142 e. The fraction of sp³-hybridized carbons (Fsp3) is 0.769. The van der Waals surface area contributed by atoms with Gasteiger partial charge in [-0.25, -0.2) is 0 Å². The summed E-state index contributed by atoms with van der Waals surface area (Å²) < 4.78 is 33.1. The molecule has 0 spiro atoms. The lowest BCUT2D eigenvalue weighted by Crippen LogP contribution is -2.14. The Kier molecular flexibility index (Phi) is 21.4. The number of hydrogen-bond acceptors (Lipinski definition) is 7. The SMILES string of the molecule is CCCCCCCCCCOCCOCCOCCOCCOCCOc1ccccc1N. The predicted molar refractivity (Wildman–Crippen MR) is 133 cm³/mol. The van der Waals surface area contributed by atoms with Gasteiger partial charge in [-0.15, -0.1) is 0 Å².